The number of hydrogen-bond donors (Lipinski definition) is 1. The molecule has 0 amide bonds. The Labute approximate surface area is 106 Å². The quantitative estimate of drug-likeness (QED) is 0.763. The van der Waals surface area contributed by atoms with Crippen LogP contribution >= 0.6 is 11.8 Å². The Morgan fingerprint density at radius 1 is 1.29 bits per heavy atom. The number of anilines is 1. The van der Waals surface area contributed by atoms with Crippen LogP contribution in [-0.4, -0.2) is 34.9 Å². The first-order chi connectivity index (χ1) is 8.24. The van der Waals surface area contributed by atoms with Gasteiger partial charge in [-0.15, -0.1) is 11.8 Å². The van der Waals surface area contributed by atoms with Crippen LogP contribution in [0.15, 0.2) is 5.03 Å². The van der Waals surface area contributed by atoms with Crippen LogP contribution < -0.4 is 10.6 Å². The van der Waals surface area contributed by atoms with Crippen molar-refractivity contribution in [2.45, 2.75) is 37.3 Å². The van der Waals surface area contributed by atoms with E-state index in [4.69, 9.17) is 10.7 Å². The first kappa shape index (κ1) is 11.3. The number of nitrogens with zero attached hydrogens (tertiary/aromatic N) is 3. The van der Waals surface area contributed by atoms with Crippen molar-refractivity contribution in [3.05, 3.63) is 11.3 Å². The lowest BCUT2D eigenvalue weighted by Gasteiger charge is -2.30. The Morgan fingerprint density at radius 2 is 2.06 bits per heavy atom. The first-order valence-corrected chi connectivity index (χ1v) is 7.23. The molecule has 0 bridgehead atoms. The number of aryl methyl sites for hydroxylation is 1. The van der Waals surface area contributed by atoms with E-state index in [-0.39, 0.29) is 0 Å². The summed E-state index contributed by atoms with van der Waals surface area (Å²) >= 11 is 1.86. The van der Waals surface area contributed by atoms with E-state index in [0.29, 0.717) is 6.04 Å². The van der Waals surface area contributed by atoms with Gasteiger partial charge in [0, 0.05) is 36.1 Å². The average molecular weight is 250 g/mol. The Kier molecular flexibility index (Phi) is 2.96. The van der Waals surface area contributed by atoms with Gasteiger partial charge in [-0.2, -0.15) is 0 Å². The van der Waals surface area contributed by atoms with Crippen LogP contribution in [0.5, 0.6) is 0 Å². The molecule has 1 aromatic rings. The van der Waals surface area contributed by atoms with Crippen LogP contribution in [-0.2, 0) is 6.42 Å². The molecular weight excluding hydrogens is 232 g/mol. The molecule has 0 aromatic carbocycles. The van der Waals surface area contributed by atoms with Gasteiger partial charge in [-0.05, 0) is 26.2 Å². The fraction of sp³-hybridized carbons (Fsp3) is 0.667. The second kappa shape index (κ2) is 4.46. The SMILES string of the molecule is Cc1nc(N2CCC(N)CC2)nc2c1CCS2. The summed E-state index contributed by atoms with van der Waals surface area (Å²) in [6.45, 7) is 4.08. The zero-order chi connectivity index (χ0) is 11.8. The lowest BCUT2D eigenvalue weighted by Crippen LogP contribution is -2.40. The zero-order valence-electron chi connectivity index (χ0n) is 10.1. The van der Waals surface area contributed by atoms with Gasteiger partial charge in [0.25, 0.3) is 0 Å². The number of hydrogen-bond acceptors (Lipinski definition) is 5. The van der Waals surface area contributed by atoms with Crippen molar-refractivity contribution >= 4 is 17.7 Å². The van der Waals surface area contributed by atoms with Gasteiger partial charge in [0.2, 0.25) is 5.95 Å². The monoisotopic (exact) mass is 250 g/mol. The molecule has 0 unspecified atom stereocenters. The molecular formula is C12H18N4S. The zero-order valence-corrected chi connectivity index (χ0v) is 11.0. The highest BCUT2D eigenvalue weighted by Crippen LogP contribution is 2.32. The smallest absolute Gasteiger partial charge is 0.226 e. The van der Waals surface area contributed by atoms with Crippen molar-refractivity contribution < 1.29 is 0 Å². The number of fused-ring (bicyclic) bond motifs is 1. The van der Waals surface area contributed by atoms with Gasteiger partial charge in [0.1, 0.15) is 5.03 Å². The highest BCUT2D eigenvalue weighted by molar-refractivity contribution is 7.99. The van der Waals surface area contributed by atoms with Gasteiger partial charge in [-0.1, -0.05) is 0 Å². The maximum atomic E-state index is 5.92. The van der Waals surface area contributed by atoms with Gasteiger partial charge < -0.3 is 10.6 Å². The third-order valence-electron chi connectivity index (χ3n) is 3.58. The minimum absolute atomic E-state index is 0.358. The molecule has 5 heteroatoms. The summed E-state index contributed by atoms with van der Waals surface area (Å²) in [7, 11) is 0. The van der Waals surface area contributed by atoms with E-state index in [1.165, 1.54) is 10.6 Å². The molecule has 0 atom stereocenters. The average Bonchev–Trinajstić information content (AvgIpc) is 2.78. The molecule has 0 aliphatic carbocycles. The van der Waals surface area contributed by atoms with E-state index in [0.717, 1.165) is 49.7 Å². The van der Waals surface area contributed by atoms with Crippen LogP contribution in [0.4, 0.5) is 5.95 Å². The summed E-state index contributed by atoms with van der Waals surface area (Å²) in [6, 6.07) is 0.358. The Balaban J connectivity index is 1.86. The van der Waals surface area contributed by atoms with Crippen molar-refractivity contribution in [2.75, 3.05) is 23.7 Å². The molecule has 0 saturated carbocycles. The van der Waals surface area contributed by atoms with E-state index >= 15 is 0 Å². The number of rotatable bonds is 1. The number of thioether (sulfide) groups is 1. The summed E-state index contributed by atoms with van der Waals surface area (Å²) in [4.78, 5) is 11.6. The molecule has 0 spiro atoms. The van der Waals surface area contributed by atoms with Crippen molar-refractivity contribution in [3.8, 4) is 0 Å². The minimum Gasteiger partial charge on any atom is -0.341 e. The maximum Gasteiger partial charge on any atom is 0.226 e. The second-order valence-electron chi connectivity index (χ2n) is 4.82. The highest BCUT2D eigenvalue weighted by Gasteiger charge is 2.22. The third-order valence-corrected chi connectivity index (χ3v) is 4.60. The van der Waals surface area contributed by atoms with E-state index in [9.17, 15) is 0 Å². The van der Waals surface area contributed by atoms with Crippen molar-refractivity contribution in [1.29, 1.82) is 0 Å². The van der Waals surface area contributed by atoms with Crippen molar-refractivity contribution in [2.24, 2.45) is 5.73 Å². The standard InChI is InChI=1S/C12H18N4S/c1-8-10-4-7-17-11(10)15-12(14-8)16-5-2-9(13)3-6-16/h9H,2-7,13H2,1H3. The Bertz CT molecular complexity index is 427. The van der Waals surface area contributed by atoms with Crippen molar-refractivity contribution in [3.63, 3.8) is 0 Å². The molecule has 3 rings (SSSR count). The molecule has 1 saturated heterocycles. The molecule has 3 heterocycles. The van der Waals surface area contributed by atoms with Gasteiger partial charge in [0.15, 0.2) is 0 Å². The van der Waals surface area contributed by atoms with Crippen molar-refractivity contribution in [1.82, 2.24) is 9.97 Å². The fourth-order valence-corrected chi connectivity index (χ4v) is 3.52. The molecule has 2 aliphatic rings. The number of piperidine rings is 1. The summed E-state index contributed by atoms with van der Waals surface area (Å²) in [5.74, 6) is 2.06. The van der Waals surface area contributed by atoms with Crippen LogP contribution in [0, 0.1) is 6.92 Å². The lowest BCUT2D eigenvalue weighted by atomic mass is 10.1. The first-order valence-electron chi connectivity index (χ1n) is 6.25. The third kappa shape index (κ3) is 2.13. The van der Waals surface area contributed by atoms with E-state index in [1.807, 2.05) is 11.8 Å². The Morgan fingerprint density at radius 3 is 2.82 bits per heavy atom. The molecule has 1 aromatic heterocycles. The van der Waals surface area contributed by atoms with E-state index in [1.54, 1.807) is 0 Å². The van der Waals surface area contributed by atoms with Crippen LogP contribution in [0.2, 0.25) is 0 Å². The maximum absolute atomic E-state index is 5.92. The number of nitrogens with two attached hydrogens (primary N) is 1. The topological polar surface area (TPSA) is 55.0 Å². The molecule has 2 aliphatic heterocycles. The predicted molar refractivity (Wildman–Crippen MR) is 70.6 cm³/mol. The predicted octanol–water partition coefficient (Wildman–Crippen LogP) is 1.36. The van der Waals surface area contributed by atoms with Gasteiger partial charge in [-0.25, -0.2) is 9.97 Å². The molecule has 1 fully saturated rings. The van der Waals surface area contributed by atoms with Gasteiger partial charge >= 0.3 is 0 Å². The van der Waals surface area contributed by atoms with Crippen LogP contribution in [0.25, 0.3) is 0 Å². The summed E-state index contributed by atoms with van der Waals surface area (Å²) in [6.07, 6.45) is 3.22. The molecule has 0 radical (unpaired) electrons. The van der Waals surface area contributed by atoms with E-state index < -0.39 is 0 Å². The fourth-order valence-electron chi connectivity index (χ4n) is 2.45. The second-order valence-corrected chi connectivity index (χ2v) is 5.90. The van der Waals surface area contributed by atoms with Gasteiger partial charge in [0.05, 0.1) is 0 Å². The van der Waals surface area contributed by atoms with Crippen LogP contribution in [0.1, 0.15) is 24.1 Å². The number of aromatic nitrogens is 2. The molecule has 17 heavy (non-hydrogen) atoms. The molecule has 4 nitrogen and oxygen atoms in total. The summed E-state index contributed by atoms with van der Waals surface area (Å²) in [5, 5.41) is 1.20. The highest BCUT2D eigenvalue weighted by atomic mass is 32.2. The molecule has 2 N–H and O–H groups in total. The lowest BCUT2D eigenvalue weighted by molar-refractivity contribution is 0.494. The largest absolute Gasteiger partial charge is 0.341 e. The minimum atomic E-state index is 0.358. The van der Waals surface area contributed by atoms with Gasteiger partial charge in [-0.3, -0.25) is 0 Å². The van der Waals surface area contributed by atoms with Crippen LogP contribution in [0.3, 0.4) is 0 Å². The Hall–Kier alpha value is -0.810. The summed E-state index contributed by atoms with van der Waals surface area (Å²) < 4.78 is 0. The normalized spacial score (nSPS) is 20.7. The summed E-state index contributed by atoms with van der Waals surface area (Å²) in [5.41, 5.74) is 8.43. The molecule has 92 valence electrons. The van der Waals surface area contributed by atoms with E-state index in [2.05, 4.69) is 16.8 Å².